The molecule has 16 heavy (non-hydrogen) atoms. The minimum absolute atomic E-state index is 0.173. The number of nitrogens with one attached hydrogen (secondary N) is 1. The minimum atomic E-state index is -0.173. The van der Waals surface area contributed by atoms with Crippen LogP contribution in [-0.2, 0) is 6.54 Å². The molecule has 0 aromatic heterocycles. The Labute approximate surface area is 101 Å². The van der Waals surface area contributed by atoms with E-state index >= 15 is 0 Å². The van der Waals surface area contributed by atoms with Crippen molar-refractivity contribution in [3.8, 4) is 0 Å². The van der Waals surface area contributed by atoms with Crippen molar-refractivity contribution in [3.05, 3.63) is 34.6 Å². The van der Waals surface area contributed by atoms with Gasteiger partial charge in [-0.05, 0) is 31.0 Å². The molecule has 1 aromatic rings. The number of hydrogen-bond acceptors (Lipinski definition) is 1. The smallest absolute Gasteiger partial charge is 0.127 e. The summed E-state index contributed by atoms with van der Waals surface area (Å²) >= 11 is 5.84. The average Bonchev–Trinajstić information content (AvgIpc) is 2.32. The Hall–Kier alpha value is -0.600. The molecule has 0 radical (unpaired) electrons. The van der Waals surface area contributed by atoms with E-state index < -0.39 is 0 Å². The van der Waals surface area contributed by atoms with Gasteiger partial charge in [0.05, 0.1) is 0 Å². The molecule has 0 spiro atoms. The third kappa shape index (κ3) is 3.19. The van der Waals surface area contributed by atoms with Crippen molar-refractivity contribution in [1.29, 1.82) is 0 Å². The van der Waals surface area contributed by atoms with Crippen LogP contribution in [0.4, 0.5) is 4.39 Å². The predicted octanol–water partition coefficient (Wildman–Crippen LogP) is 3.90. The van der Waals surface area contributed by atoms with E-state index in [0.717, 1.165) is 0 Å². The summed E-state index contributed by atoms with van der Waals surface area (Å²) in [6.07, 6.45) is 6.33. The van der Waals surface area contributed by atoms with E-state index in [0.29, 0.717) is 23.2 Å². The molecule has 1 saturated carbocycles. The summed E-state index contributed by atoms with van der Waals surface area (Å²) in [5.41, 5.74) is 0.665. The molecule has 0 atom stereocenters. The Balaban J connectivity index is 1.90. The maximum Gasteiger partial charge on any atom is 0.127 e. The minimum Gasteiger partial charge on any atom is -0.310 e. The summed E-state index contributed by atoms with van der Waals surface area (Å²) in [6.45, 7) is 0.580. The molecule has 0 saturated heterocycles. The zero-order valence-corrected chi connectivity index (χ0v) is 10.1. The number of benzene rings is 1. The van der Waals surface area contributed by atoms with Crippen LogP contribution in [0.5, 0.6) is 0 Å². The average molecular weight is 242 g/mol. The topological polar surface area (TPSA) is 12.0 Å². The van der Waals surface area contributed by atoms with E-state index in [4.69, 9.17) is 11.6 Å². The summed E-state index contributed by atoms with van der Waals surface area (Å²) in [6, 6.07) is 5.26. The van der Waals surface area contributed by atoms with Gasteiger partial charge in [0.15, 0.2) is 0 Å². The third-order valence-corrected chi connectivity index (χ3v) is 3.43. The Bertz CT molecular complexity index is 348. The molecule has 1 N–H and O–H groups in total. The van der Waals surface area contributed by atoms with E-state index in [1.165, 1.54) is 38.2 Å². The quantitative estimate of drug-likeness (QED) is 0.846. The largest absolute Gasteiger partial charge is 0.310 e. The molecule has 1 aromatic carbocycles. The van der Waals surface area contributed by atoms with Crippen LogP contribution in [0.25, 0.3) is 0 Å². The number of rotatable bonds is 3. The maximum atomic E-state index is 13.4. The maximum absolute atomic E-state index is 13.4. The van der Waals surface area contributed by atoms with Crippen LogP contribution in [0.2, 0.25) is 5.02 Å². The van der Waals surface area contributed by atoms with Crippen LogP contribution in [0.1, 0.15) is 37.7 Å². The highest BCUT2D eigenvalue weighted by atomic mass is 35.5. The molecular formula is C13H17ClFN. The zero-order valence-electron chi connectivity index (χ0n) is 9.31. The van der Waals surface area contributed by atoms with Gasteiger partial charge in [0.1, 0.15) is 5.82 Å². The fourth-order valence-electron chi connectivity index (χ4n) is 2.24. The molecule has 3 heteroatoms. The summed E-state index contributed by atoms with van der Waals surface area (Å²) in [5.74, 6) is -0.173. The van der Waals surface area contributed by atoms with Crippen LogP contribution in [-0.4, -0.2) is 6.04 Å². The van der Waals surface area contributed by atoms with Crippen LogP contribution >= 0.6 is 11.6 Å². The molecule has 0 heterocycles. The van der Waals surface area contributed by atoms with Crippen molar-refractivity contribution >= 4 is 11.6 Å². The Kier molecular flexibility index (Phi) is 4.19. The molecule has 88 valence electrons. The van der Waals surface area contributed by atoms with Gasteiger partial charge in [-0.3, -0.25) is 0 Å². The fraction of sp³-hybridized carbons (Fsp3) is 0.538. The van der Waals surface area contributed by atoms with E-state index in [1.54, 1.807) is 12.1 Å². The van der Waals surface area contributed by atoms with Crippen molar-refractivity contribution < 1.29 is 4.39 Å². The number of halogens is 2. The first-order valence-electron chi connectivity index (χ1n) is 5.93. The normalized spacial score (nSPS) is 17.6. The van der Waals surface area contributed by atoms with Gasteiger partial charge in [0, 0.05) is 23.2 Å². The van der Waals surface area contributed by atoms with Crippen molar-refractivity contribution in [2.75, 3.05) is 0 Å². The van der Waals surface area contributed by atoms with Crippen molar-refractivity contribution in [2.45, 2.75) is 44.7 Å². The summed E-state index contributed by atoms with van der Waals surface area (Å²) in [7, 11) is 0. The van der Waals surface area contributed by atoms with Crippen LogP contribution in [0, 0.1) is 5.82 Å². The lowest BCUT2D eigenvalue weighted by Crippen LogP contribution is -2.30. The van der Waals surface area contributed by atoms with Gasteiger partial charge in [-0.15, -0.1) is 0 Å². The third-order valence-electron chi connectivity index (χ3n) is 3.19. The second-order valence-electron chi connectivity index (χ2n) is 4.45. The molecule has 1 nitrogen and oxygen atoms in total. The summed E-state index contributed by atoms with van der Waals surface area (Å²) < 4.78 is 13.4. The first-order chi connectivity index (χ1) is 7.75. The Morgan fingerprint density at radius 2 is 2.00 bits per heavy atom. The van der Waals surface area contributed by atoms with Gasteiger partial charge in [-0.25, -0.2) is 4.39 Å². The Morgan fingerprint density at radius 1 is 1.25 bits per heavy atom. The molecular weight excluding hydrogens is 225 g/mol. The van der Waals surface area contributed by atoms with E-state index in [-0.39, 0.29) is 5.82 Å². The van der Waals surface area contributed by atoms with Gasteiger partial charge in [-0.2, -0.15) is 0 Å². The molecule has 1 fully saturated rings. The lowest BCUT2D eigenvalue weighted by Gasteiger charge is -2.23. The molecule has 0 unspecified atom stereocenters. The van der Waals surface area contributed by atoms with E-state index in [9.17, 15) is 4.39 Å². The highest BCUT2D eigenvalue weighted by molar-refractivity contribution is 6.30. The second-order valence-corrected chi connectivity index (χ2v) is 4.89. The van der Waals surface area contributed by atoms with Gasteiger partial charge in [0.2, 0.25) is 0 Å². The van der Waals surface area contributed by atoms with Gasteiger partial charge >= 0.3 is 0 Å². The van der Waals surface area contributed by atoms with E-state index in [1.807, 2.05) is 0 Å². The highest BCUT2D eigenvalue weighted by Gasteiger charge is 2.13. The summed E-state index contributed by atoms with van der Waals surface area (Å²) in [4.78, 5) is 0. The van der Waals surface area contributed by atoms with E-state index in [2.05, 4.69) is 5.32 Å². The van der Waals surface area contributed by atoms with Gasteiger partial charge < -0.3 is 5.32 Å². The first kappa shape index (κ1) is 11.9. The lowest BCUT2D eigenvalue weighted by atomic mass is 9.95. The van der Waals surface area contributed by atoms with Crippen molar-refractivity contribution in [2.24, 2.45) is 0 Å². The molecule has 1 aliphatic rings. The summed E-state index contributed by atoms with van der Waals surface area (Å²) in [5, 5.41) is 4.01. The van der Waals surface area contributed by atoms with Gasteiger partial charge in [0.25, 0.3) is 0 Å². The fourth-order valence-corrected chi connectivity index (χ4v) is 2.43. The lowest BCUT2D eigenvalue weighted by molar-refractivity contribution is 0.370. The predicted molar refractivity (Wildman–Crippen MR) is 65.1 cm³/mol. The van der Waals surface area contributed by atoms with Crippen LogP contribution in [0.3, 0.4) is 0 Å². The zero-order chi connectivity index (χ0) is 11.4. The second kappa shape index (κ2) is 5.65. The monoisotopic (exact) mass is 241 g/mol. The van der Waals surface area contributed by atoms with Crippen molar-refractivity contribution in [1.82, 2.24) is 5.32 Å². The molecule has 0 bridgehead atoms. The van der Waals surface area contributed by atoms with Crippen LogP contribution in [0.15, 0.2) is 18.2 Å². The van der Waals surface area contributed by atoms with Crippen LogP contribution < -0.4 is 5.32 Å². The molecule has 1 aliphatic carbocycles. The number of hydrogen-bond donors (Lipinski definition) is 1. The van der Waals surface area contributed by atoms with Crippen molar-refractivity contribution in [3.63, 3.8) is 0 Å². The molecule has 0 aliphatic heterocycles. The molecule has 2 rings (SSSR count). The van der Waals surface area contributed by atoms with Gasteiger partial charge in [-0.1, -0.05) is 30.9 Å². The SMILES string of the molecule is Fc1ccc(Cl)cc1CNC1CCCCC1. The first-order valence-corrected chi connectivity index (χ1v) is 6.31. The highest BCUT2D eigenvalue weighted by Crippen LogP contribution is 2.19. The molecule has 0 amide bonds. The standard InChI is InChI=1S/C13H17ClFN/c14-11-6-7-13(15)10(8-11)9-16-12-4-2-1-3-5-12/h6-8,12,16H,1-5,9H2. The Morgan fingerprint density at radius 3 is 2.75 bits per heavy atom.